The number of nitriles is 1. The number of hydrogen-bond acceptors (Lipinski definition) is 3. The molecule has 0 heterocycles. The van der Waals surface area contributed by atoms with Gasteiger partial charge in [-0.15, -0.1) is 0 Å². The quantitative estimate of drug-likeness (QED) is 0.933. The largest absolute Gasteiger partial charge is 0.497 e. The molecule has 1 atom stereocenters. The van der Waals surface area contributed by atoms with Crippen molar-refractivity contribution in [3.63, 3.8) is 0 Å². The first kappa shape index (κ1) is 14.0. The summed E-state index contributed by atoms with van der Waals surface area (Å²) in [5.74, 6) is -0.176. The van der Waals surface area contributed by atoms with Crippen LogP contribution >= 0.6 is 0 Å². The van der Waals surface area contributed by atoms with E-state index in [1.165, 1.54) is 26.2 Å². The van der Waals surface area contributed by atoms with Gasteiger partial charge >= 0.3 is 0 Å². The normalized spacial score (nSPS) is 13.3. The third kappa shape index (κ3) is 2.49. The van der Waals surface area contributed by atoms with E-state index in [0.29, 0.717) is 16.9 Å². The Kier molecular flexibility index (Phi) is 3.73. The van der Waals surface area contributed by atoms with Gasteiger partial charge in [0, 0.05) is 11.6 Å². The second kappa shape index (κ2) is 5.32. The van der Waals surface area contributed by atoms with Gasteiger partial charge in [0.15, 0.2) is 0 Å². The number of methoxy groups -OCH3 is 1. The van der Waals surface area contributed by atoms with Gasteiger partial charge in [0.25, 0.3) is 0 Å². The first-order valence-electron chi connectivity index (χ1n) is 6.06. The monoisotopic (exact) mass is 271 g/mol. The van der Waals surface area contributed by atoms with E-state index in [4.69, 9.17) is 10.00 Å². The second-order valence-corrected chi connectivity index (χ2v) is 4.61. The van der Waals surface area contributed by atoms with E-state index in [-0.39, 0.29) is 5.56 Å². The maximum absolute atomic E-state index is 14.1. The summed E-state index contributed by atoms with van der Waals surface area (Å²) in [4.78, 5) is 0. The van der Waals surface area contributed by atoms with Crippen LogP contribution < -0.4 is 4.74 Å². The van der Waals surface area contributed by atoms with Crippen molar-refractivity contribution in [2.75, 3.05) is 7.11 Å². The Labute approximate surface area is 116 Å². The molecule has 0 spiro atoms. The number of hydrogen-bond donors (Lipinski definition) is 1. The van der Waals surface area contributed by atoms with Crippen LogP contribution in [0.4, 0.5) is 4.39 Å². The fourth-order valence-corrected chi connectivity index (χ4v) is 2.06. The molecule has 0 radical (unpaired) electrons. The predicted molar refractivity (Wildman–Crippen MR) is 72.8 cm³/mol. The summed E-state index contributed by atoms with van der Waals surface area (Å²) in [5, 5.41) is 19.5. The van der Waals surface area contributed by atoms with Crippen LogP contribution in [0.3, 0.4) is 0 Å². The molecule has 2 aromatic carbocycles. The average Bonchev–Trinajstić information content (AvgIpc) is 2.46. The Morgan fingerprint density at radius 2 is 2.00 bits per heavy atom. The van der Waals surface area contributed by atoms with Gasteiger partial charge in [0.1, 0.15) is 17.2 Å². The zero-order chi connectivity index (χ0) is 14.8. The van der Waals surface area contributed by atoms with E-state index < -0.39 is 11.4 Å². The minimum absolute atomic E-state index is 0.133. The third-order valence-corrected chi connectivity index (χ3v) is 3.25. The molecule has 1 N–H and O–H groups in total. The summed E-state index contributed by atoms with van der Waals surface area (Å²) < 4.78 is 19.0. The van der Waals surface area contributed by atoms with Crippen molar-refractivity contribution >= 4 is 0 Å². The lowest BCUT2D eigenvalue weighted by Gasteiger charge is -2.25. The highest BCUT2D eigenvalue weighted by Crippen LogP contribution is 2.32. The summed E-state index contributed by atoms with van der Waals surface area (Å²) in [6.07, 6.45) is 0. The standard InChI is InChI=1S/C16H14FNO2/c1-16(19,12-5-3-4-11(8-12)10-18)14-7-6-13(20-2)9-15(14)17/h3-9,19H,1-2H3. The molecule has 1 unspecified atom stereocenters. The van der Waals surface area contributed by atoms with Crippen molar-refractivity contribution in [2.45, 2.75) is 12.5 Å². The molecule has 3 nitrogen and oxygen atoms in total. The number of nitrogens with zero attached hydrogens (tertiary/aromatic N) is 1. The Bertz CT molecular complexity index is 674. The van der Waals surface area contributed by atoms with Crippen molar-refractivity contribution in [3.05, 3.63) is 65.0 Å². The van der Waals surface area contributed by atoms with E-state index >= 15 is 0 Å². The lowest BCUT2D eigenvalue weighted by atomic mass is 9.87. The maximum atomic E-state index is 14.1. The van der Waals surface area contributed by atoms with Crippen LogP contribution in [0, 0.1) is 17.1 Å². The Balaban J connectivity index is 2.51. The second-order valence-electron chi connectivity index (χ2n) is 4.61. The lowest BCUT2D eigenvalue weighted by Crippen LogP contribution is -2.24. The van der Waals surface area contributed by atoms with E-state index in [0.717, 1.165) is 0 Å². The fraction of sp³-hybridized carbons (Fsp3) is 0.188. The van der Waals surface area contributed by atoms with Gasteiger partial charge in [-0.05, 0) is 36.8 Å². The van der Waals surface area contributed by atoms with Crippen LogP contribution in [-0.2, 0) is 5.60 Å². The Hall–Kier alpha value is -2.38. The van der Waals surface area contributed by atoms with Crippen molar-refractivity contribution < 1.29 is 14.2 Å². The summed E-state index contributed by atoms with van der Waals surface area (Å²) in [7, 11) is 1.45. The third-order valence-electron chi connectivity index (χ3n) is 3.25. The molecule has 0 aliphatic heterocycles. The number of rotatable bonds is 3. The van der Waals surface area contributed by atoms with E-state index in [1.807, 2.05) is 6.07 Å². The minimum Gasteiger partial charge on any atom is -0.497 e. The fourth-order valence-electron chi connectivity index (χ4n) is 2.06. The minimum atomic E-state index is -1.52. The van der Waals surface area contributed by atoms with Crippen molar-refractivity contribution in [1.82, 2.24) is 0 Å². The topological polar surface area (TPSA) is 53.2 Å². The molecule has 0 aliphatic rings. The molecule has 20 heavy (non-hydrogen) atoms. The zero-order valence-corrected chi connectivity index (χ0v) is 11.2. The van der Waals surface area contributed by atoms with Crippen LogP contribution in [0.1, 0.15) is 23.6 Å². The molecule has 0 saturated heterocycles. The molecular weight excluding hydrogens is 257 g/mol. The molecule has 4 heteroatoms. The average molecular weight is 271 g/mol. The van der Waals surface area contributed by atoms with Crippen LogP contribution in [0.15, 0.2) is 42.5 Å². The van der Waals surface area contributed by atoms with Crippen LogP contribution in [0.5, 0.6) is 5.75 Å². The van der Waals surface area contributed by atoms with Crippen molar-refractivity contribution in [2.24, 2.45) is 0 Å². The van der Waals surface area contributed by atoms with Gasteiger partial charge in [-0.1, -0.05) is 12.1 Å². The summed E-state index contributed by atoms with van der Waals surface area (Å²) in [6.45, 7) is 1.49. The van der Waals surface area contributed by atoms with Crippen molar-refractivity contribution in [3.8, 4) is 11.8 Å². The van der Waals surface area contributed by atoms with Gasteiger partial charge in [-0.3, -0.25) is 0 Å². The Morgan fingerprint density at radius 3 is 2.60 bits per heavy atom. The van der Waals surface area contributed by atoms with Crippen LogP contribution in [0.25, 0.3) is 0 Å². The highest BCUT2D eigenvalue weighted by atomic mass is 19.1. The smallest absolute Gasteiger partial charge is 0.133 e. The molecule has 0 saturated carbocycles. The predicted octanol–water partition coefficient (Wildman–Crippen LogP) is 2.96. The lowest BCUT2D eigenvalue weighted by molar-refractivity contribution is 0.0978. The molecular formula is C16H14FNO2. The van der Waals surface area contributed by atoms with E-state index in [9.17, 15) is 9.50 Å². The van der Waals surface area contributed by atoms with E-state index in [1.54, 1.807) is 30.3 Å². The van der Waals surface area contributed by atoms with Gasteiger partial charge < -0.3 is 9.84 Å². The molecule has 0 amide bonds. The number of ether oxygens (including phenoxy) is 1. The van der Waals surface area contributed by atoms with Crippen LogP contribution in [-0.4, -0.2) is 12.2 Å². The van der Waals surface area contributed by atoms with E-state index in [2.05, 4.69) is 0 Å². The first-order valence-corrected chi connectivity index (χ1v) is 6.06. The maximum Gasteiger partial charge on any atom is 0.133 e. The van der Waals surface area contributed by atoms with Gasteiger partial charge in [0.2, 0.25) is 0 Å². The molecule has 0 fully saturated rings. The SMILES string of the molecule is COc1ccc(C(C)(O)c2cccc(C#N)c2)c(F)c1. The molecule has 0 aliphatic carbocycles. The highest BCUT2D eigenvalue weighted by molar-refractivity contribution is 5.42. The highest BCUT2D eigenvalue weighted by Gasteiger charge is 2.29. The molecule has 0 aromatic heterocycles. The van der Waals surface area contributed by atoms with Gasteiger partial charge in [-0.2, -0.15) is 5.26 Å². The molecule has 0 bridgehead atoms. The summed E-state index contributed by atoms with van der Waals surface area (Å²) in [6, 6.07) is 12.8. The van der Waals surface area contributed by atoms with Crippen LogP contribution in [0.2, 0.25) is 0 Å². The molecule has 102 valence electrons. The molecule has 2 aromatic rings. The zero-order valence-electron chi connectivity index (χ0n) is 11.2. The summed E-state index contributed by atoms with van der Waals surface area (Å²) in [5.41, 5.74) is -0.519. The van der Waals surface area contributed by atoms with Gasteiger partial charge in [0.05, 0.1) is 18.7 Å². The number of aliphatic hydroxyl groups is 1. The van der Waals surface area contributed by atoms with Gasteiger partial charge in [-0.25, -0.2) is 4.39 Å². The number of benzene rings is 2. The Morgan fingerprint density at radius 1 is 1.25 bits per heavy atom. The number of halogens is 1. The molecule has 2 rings (SSSR count). The first-order chi connectivity index (χ1) is 9.48. The van der Waals surface area contributed by atoms with Crippen molar-refractivity contribution in [1.29, 1.82) is 5.26 Å². The summed E-state index contributed by atoms with van der Waals surface area (Å²) >= 11 is 0.